The Hall–Kier alpha value is -1.88. The molecule has 1 aromatic rings. The Labute approximate surface area is 149 Å². The minimum absolute atomic E-state index is 0.0422. The van der Waals surface area contributed by atoms with E-state index >= 15 is 0 Å². The van der Waals surface area contributed by atoms with Crippen molar-refractivity contribution in [1.82, 2.24) is 10.2 Å². The molecule has 0 spiro atoms. The number of likely N-dealkylation sites (tertiary alicyclic amines) is 1. The second kappa shape index (κ2) is 8.99. The lowest BCUT2D eigenvalue weighted by molar-refractivity contribution is -0.135. The molecule has 136 valence electrons. The van der Waals surface area contributed by atoms with Crippen LogP contribution in [0.3, 0.4) is 0 Å². The highest BCUT2D eigenvalue weighted by molar-refractivity contribution is 5.81. The minimum atomic E-state index is 0.0422. The van der Waals surface area contributed by atoms with E-state index < -0.39 is 0 Å². The molecule has 1 N–H and O–H groups in total. The Bertz CT molecular complexity index is 562. The van der Waals surface area contributed by atoms with Crippen molar-refractivity contribution in [2.24, 2.45) is 11.8 Å². The summed E-state index contributed by atoms with van der Waals surface area (Å²) in [7, 11) is 0. The lowest BCUT2D eigenvalue weighted by atomic mass is 9.95. The summed E-state index contributed by atoms with van der Waals surface area (Å²) in [4.78, 5) is 26.6. The summed E-state index contributed by atoms with van der Waals surface area (Å²) in [5.74, 6) is 0.943. The number of hydrogen-bond acceptors (Lipinski definition) is 3. The number of carbonyl (C=O) groups is 2. The molecule has 0 saturated carbocycles. The molecule has 0 aliphatic carbocycles. The molecule has 2 fully saturated rings. The van der Waals surface area contributed by atoms with Crippen molar-refractivity contribution in [3.63, 3.8) is 0 Å². The predicted molar refractivity (Wildman–Crippen MR) is 96.0 cm³/mol. The number of nitrogens with one attached hydrogen (secondary N) is 1. The van der Waals surface area contributed by atoms with Crippen molar-refractivity contribution in [2.45, 2.75) is 32.1 Å². The van der Waals surface area contributed by atoms with Crippen LogP contribution in [0, 0.1) is 11.8 Å². The fourth-order valence-electron chi connectivity index (χ4n) is 3.63. The van der Waals surface area contributed by atoms with Gasteiger partial charge in [0.05, 0.1) is 6.42 Å². The summed E-state index contributed by atoms with van der Waals surface area (Å²) in [6.07, 6.45) is 4.08. The highest BCUT2D eigenvalue weighted by Gasteiger charge is 2.27. The average Bonchev–Trinajstić information content (AvgIpc) is 3.16. The normalized spacial score (nSPS) is 21.3. The topological polar surface area (TPSA) is 58.6 Å². The van der Waals surface area contributed by atoms with Crippen LogP contribution in [-0.2, 0) is 20.7 Å². The second-order valence-electron chi connectivity index (χ2n) is 7.13. The van der Waals surface area contributed by atoms with Gasteiger partial charge in [0.25, 0.3) is 0 Å². The van der Waals surface area contributed by atoms with Crippen LogP contribution in [0.25, 0.3) is 0 Å². The van der Waals surface area contributed by atoms with Gasteiger partial charge in [0.2, 0.25) is 11.8 Å². The summed E-state index contributed by atoms with van der Waals surface area (Å²) in [5, 5.41) is 3.07. The van der Waals surface area contributed by atoms with Gasteiger partial charge >= 0.3 is 0 Å². The first kappa shape index (κ1) is 17.9. The Morgan fingerprint density at radius 2 is 1.88 bits per heavy atom. The summed E-state index contributed by atoms with van der Waals surface area (Å²) in [5.41, 5.74) is 1.04. The molecule has 2 amide bonds. The SMILES string of the molecule is O=C(NCCC1CCOC1)C1CCN(C(=O)Cc2ccccc2)CC1. The zero-order valence-corrected chi connectivity index (χ0v) is 14.8. The van der Waals surface area contributed by atoms with E-state index in [-0.39, 0.29) is 17.7 Å². The molecule has 2 heterocycles. The van der Waals surface area contributed by atoms with Gasteiger partial charge in [0, 0.05) is 38.8 Å². The molecule has 5 nitrogen and oxygen atoms in total. The number of rotatable bonds is 6. The van der Waals surface area contributed by atoms with E-state index in [9.17, 15) is 9.59 Å². The van der Waals surface area contributed by atoms with E-state index in [1.54, 1.807) is 0 Å². The molecule has 1 atom stereocenters. The first-order valence-electron chi connectivity index (χ1n) is 9.39. The first-order valence-corrected chi connectivity index (χ1v) is 9.39. The molecule has 2 aliphatic heterocycles. The van der Waals surface area contributed by atoms with Gasteiger partial charge in [-0.25, -0.2) is 0 Å². The maximum atomic E-state index is 12.4. The molecule has 1 aromatic carbocycles. The van der Waals surface area contributed by atoms with Crippen molar-refractivity contribution in [3.8, 4) is 0 Å². The van der Waals surface area contributed by atoms with Crippen molar-refractivity contribution >= 4 is 11.8 Å². The van der Waals surface area contributed by atoms with Crippen LogP contribution in [0.2, 0.25) is 0 Å². The molecular weight excluding hydrogens is 316 g/mol. The van der Waals surface area contributed by atoms with E-state index in [2.05, 4.69) is 5.32 Å². The van der Waals surface area contributed by atoms with Crippen molar-refractivity contribution in [2.75, 3.05) is 32.8 Å². The number of piperidine rings is 1. The Balaban J connectivity index is 1.36. The highest BCUT2D eigenvalue weighted by Crippen LogP contribution is 2.19. The zero-order valence-electron chi connectivity index (χ0n) is 14.8. The number of amides is 2. The second-order valence-corrected chi connectivity index (χ2v) is 7.13. The van der Waals surface area contributed by atoms with Crippen LogP contribution >= 0.6 is 0 Å². The third-order valence-electron chi connectivity index (χ3n) is 5.29. The van der Waals surface area contributed by atoms with Crippen LogP contribution in [0.15, 0.2) is 30.3 Å². The molecule has 2 aliphatic rings. The fourth-order valence-corrected chi connectivity index (χ4v) is 3.63. The summed E-state index contributed by atoms with van der Waals surface area (Å²) in [6, 6.07) is 9.83. The van der Waals surface area contributed by atoms with Gasteiger partial charge < -0.3 is 15.0 Å². The van der Waals surface area contributed by atoms with Gasteiger partial charge in [-0.2, -0.15) is 0 Å². The fraction of sp³-hybridized carbons (Fsp3) is 0.600. The quantitative estimate of drug-likeness (QED) is 0.859. The first-order chi connectivity index (χ1) is 12.2. The average molecular weight is 344 g/mol. The molecule has 5 heteroatoms. The molecule has 2 saturated heterocycles. The van der Waals surface area contributed by atoms with Crippen LogP contribution in [0.1, 0.15) is 31.2 Å². The summed E-state index contributed by atoms with van der Waals surface area (Å²) >= 11 is 0. The molecule has 3 rings (SSSR count). The Morgan fingerprint density at radius 1 is 1.12 bits per heavy atom. The number of nitrogens with zero attached hydrogens (tertiary/aromatic N) is 1. The van der Waals surface area contributed by atoms with Crippen LogP contribution in [0.5, 0.6) is 0 Å². The smallest absolute Gasteiger partial charge is 0.226 e. The van der Waals surface area contributed by atoms with Gasteiger partial charge in [0.1, 0.15) is 0 Å². The largest absolute Gasteiger partial charge is 0.381 e. The molecule has 0 radical (unpaired) electrons. The number of carbonyl (C=O) groups excluding carboxylic acids is 2. The van der Waals surface area contributed by atoms with Gasteiger partial charge in [-0.3, -0.25) is 9.59 Å². The number of benzene rings is 1. The van der Waals surface area contributed by atoms with Crippen molar-refractivity contribution < 1.29 is 14.3 Å². The van der Waals surface area contributed by atoms with E-state index in [0.717, 1.165) is 51.0 Å². The third-order valence-corrected chi connectivity index (χ3v) is 5.29. The van der Waals surface area contributed by atoms with Gasteiger partial charge in [-0.05, 0) is 37.2 Å². The van der Waals surface area contributed by atoms with Gasteiger partial charge in [0.15, 0.2) is 0 Å². The Morgan fingerprint density at radius 3 is 2.56 bits per heavy atom. The monoisotopic (exact) mass is 344 g/mol. The lowest BCUT2D eigenvalue weighted by Crippen LogP contribution is -2.43. The van der Waals surface area contributed by atoms with Crippen LogP contribution in [0.4, 0.5) is 0 Å². The summed E-state index contributed by atoms with van der Waals surface area (Å²) < 4.78 is 5.36. The maximum Gasteiger partial charge on any atom is 0.226 e. The van der Waals surface area contributed by atoms with E-state index in [4.69, 9.17) is 4.74 Å². The summed E-state index contributed by atoms with van der Waals surface area (Å²) in [6.45, 7) is 3.78. The van der Waals surface area contributed by atoms with Crippen LogP contribution < -0.4 is 5.32 Å². The molecule has 25 heavy (non-hydrogen) atoms. The van der Waals surface area contributed by atoms with Crippen molar-refractivity contribution in [3.05, 3.63) is 35.9 Å². The third kappa shape index (κ3) is 5.30. The van der Waals surface area contributed by atoms with E-state index in [1.165, 1.54) is 0 Å². The minimum Gasteiger partial charge on any atom is -0.381 e. The number of ether oxygens (including phenoxy) is 1. The Kier molecular flexibility index (Phi) is 6.45. The molecule has 0 aromatic heterocycles. The highest BCUT2D eigenvalue weighted by atomic mass is 16.5. The zero-order chi connectivity index (χ0) is 17.5. The molecule has 1 unspecified atom stereocenters. The van der Waals surface area contributed by atoms with Gasteiger partial charge in [-0.1, -0.05) is 30.3 Å². The van der Waals surface area contributed by atoms with E-state index in [1.807, 2.05) is 35.2 Å². The lowest BCUT2D eigenvalue weighted by Gasteiger charge is -2.31. The standard InChI is InChI=1S/C20H28N2O3/c23-19(14-16-4-2-1-3-5-16)22-11-7-18(8-12-22)20(24)21-10-6-17-9-13-25-15-17/h1-5,17-18H,6-15H2,(H,21,24). The van der Waals surface area contributed by atoms with Crippen LogP contribution in [-0.4, -0.2) is 49.6 Å². The predicted octanol–water partition coefficient (Wildman–Crippen LogP) is 2.01. The maximum absolute atomic E-state index is 12.4. The van der Waals surface area contributed by atoms with E-state index in [0.29, 0.717) is 25.4 Å². The molecule has 0 bridgehead atoms. The number of hydrogen-bond donors (Lipinski definition) is 1. The van der Waals surface area contributed by atoms with Crippen molar-refractivity contribution in [1.29, 1.82) is 0 Å². The molecular formula is C20H28N2O3. The van der Waals surface area contributed by atoms with Gasteiger partial charge in [-0.15, -0.1) is 0 Å².